The van der Waals surface area contributed by atoms with Gasteiger partial charge in [-0.05, 0) is 36.4 Å². The molecular formula is C18H12N2O. The zero-order chi connectivity index (χ0) is 14.2. The number of phenolic OH excluding ortho intramolecular Hbond substituents is 1. The second kappa shape index (κ2) is 4.56. The smallest absolute Gasteiger partial charge is 0.115 e. The summed E-state index contributed by atoms with van der Waals surface area (Å²) in [6.07, 6.45) is 1.79. The van der Waals surface area contributed by atoms with E-state index in [0.29, 0.717) is 0 Å². The number of nitrogens with zero attached hydrogens (tertiary/aromatic N) is 2. The Morgan fingerprint density at radius 2 is 1.43 bits per heavy atom. The van der Waals surface area contributed by atoms with Crippen molar-refractivity contribution in [3.63, 3.8) is 0 Å². The van der Waals surface area contributed by atoms with Gasteiger partial charge in [0.25, 0.3) is 0 Å². The van der Waals surface area contributed by atoms with Crippen molar-refractivity contribution in [3.8, 4) is 17.0 Å². The van der Waals surface area contributed by atoms with E-state index in [1.807, 2.05) is 30.3 Å². The van der Waals surface area contributed by atoms with Gasteiger partial charge in [-0.1, -0.05) is 24.3 Å². The molecule has 0 aliphatic carbocycles. The summed E-state index contributed by atoms with van der Waals surface area (Å²) >= 11 is 0. The van der Waals surface area contributed by atoms with E-state index in [9.17, 15) is 5.11 Å². The molecular weight excluding hydrogens is 260 g/mol. The number of rotatable bonds is 1. The Bertz CT molecular complexity index is 946. The zero-order valence-electron chi connectivity index (χ0n) is 11.2. The summed E-state index contributed by atoms with van der Waals surface area (Å²) in [5.41, 5.74) is 3.66. The molecule has 100 valence electrons. The molecule has 2 aromatic carbocycles. The molecule has 0 saturated heterocycles. The lowest BCUT2D eigenvalue weighted by Crippen LogP contribution is -1.88. The van der Waals surface area contributed by atoms with E-state index in [2.05, 4.69) is 23.2 Å². The van der Waals surface area contributed by atoms with Crippen LogP contribution in [0, 0.1) is 0 Å². The lowest BCUT2D eigenvalue weighted by molar-refractivity contribution is 0.475. The van der Waals surface area contributed by atoms with E-state index in [-0.39, 0.29) is 5.75 Å². The van der Waals surface area contributed by atoms with Crippen molar-refractivity contribution in [3.05, 3.63) is 66.9 Å². The van der Waals surface area contributed by atoms with Gasteiger partial charge in [0, 0.05) is 22.5 Å². The van der Waals surface area contributed by atoms with Crippen LogP contribution in [0.15, 0.2) is 66.9 Å². The van der Waals surface area contributed by atoms with Gasteiger partial charge in [-0.2, -0.15) is 0 Å². The average molecular weight is 272 g/mol. The Balaban J connectivity index is 2.00. The average Bonchev–Trinajstić information content (AvgIpc) is 2.55. The summed E-state index contributed by atoms with van der Waals surface area (Å²) in [7, 11) is 0. The number of benzene rings is 2. The molecule has 2 aromatic heterocycles. The van der Waals surface area contributed by atoms with E-state index < -0.39 is 0 Å². The molecule has 0 bridgehead atoms. The van der Waals surface area contributed by atoms with Crippen LogP contribution in [0.4, 0.5) is 0 Å². The highest BCUT2D eigenvalue weighted by atomic mass is 16.3. The number of pyridine rings is 2. The second-order valence-electron chi connectivity index (χ2n) is 4.96. The quantitative estimate of drug-likeness (QED) is 0.529. The zero-order valence-corrected chi connectivity index (χ0v) is 11.2. The van der Waals surface area contributed by atoms with Gasteiger partial charge in [-0.25, -0.2) is 4.98 Å². The monoisotopic (exact) mass is 272 g/mol. The molecule has 0 unspecified atom stereocenters. The van der Waals surface area contributed by atoms with Gasteiger partial charge < -0.3 is 5.11 Å². The van der Waals surface area contributed by atoms with Crippen molar-refractivity contribution in [2.75, 3.05) is 0 Å². The molecule has 0 fully saturated rings. The van der Waals surface area contributed by atoms with Crippen LogP contribution in [0.2, 0.25) is 0 Å². The Kier molecular flexibility index (Phi) is 2.57. The van der Waals surface area contributed by atoms with Crippen LogP contribution in [0.3, 0.4) is 0 Å². The number of fused-ring (bicyclic) bond motifs is 3. The predicted octanol–water partition coefficient (Wildman–Crippen LogP) is 4.16. The van der Waals surface area contributed by atoms with E-state index in [4.69, 9.17) is 4.98 Å². The standard InChI is InChI=1S/C18H12N2O/c21-15-8-5-12(6-9-15)16-10-7-14-4-3-13-2-1-11-19-17(13)18(14)20-16/h1-11,21H. The van der Waals surface area contributed by atoms with Gasteiger partial charge in [-0.15, -0.1) is 0 Å². The fraction of sp³-hybridized carbons (Fsp3) is 0. The van der Waals surface area contributed by atoms with E-state index in [1.54, 1.807) is 18.3 Å². The third kappa shape index (κ3) is 1.99. The van der Waals surface area contributed by atoms with Crippen molar-refractivity contribution in [1.82, 2.24) is 9.97 Å². The minimum absolute atomic E-state index is 0.256. The Hall–Kier alpha value is -2.94. The van der Waals surface area contributed by atoms with Gasteiger partial charge in [0.1, 0.15) is 5.75 Å². The Morgan fingerprint density at radius 3 is 2.24 bits per heavy atom. The fourth-order valence-electron chi connectivity index (χ4n) is 2.52. The largest absolute Gasteiger partial charge is 0.508 e. The van der Waals surface area contributed by atoms with Crippen molar-refractivity contribution < 1.29 is 5.11 Å². The summed E-state index contributed by atoms with van der Waals surface area (Å²) in [6, 6.07) is 19.2. The van der Waals surface area contributed by atoms with Crippen LogP contribution in [-0.4, -0.2) is 15.1 Å². The number of phenols is 1. The molecule has 0 radical (unpaired) electrons. The summed E-state index contributed by atoms with van der Waals surface area (Å²) in [6.45, 7) is 0. The van der Waals surface area contributed by atoms with Crippen molar-refractivity contribution in [2.24, 2.45) is 0 Å². The molecule has 0 amide bonds. The van der Waals surface area contributed by atoms with Crippen molar-refractivity contribution in [2.45, 2.75) is 0 Å². The fourth-order valence-corrected chi connectivity index (χ4v) is 2.52. The Morgan fingerprint density at radius 1 is 0.714 bits per heavy atom. The minimum atomic E-state index is 0.256. The van der Waals surface area contributed by atoms with Gasteiger partial charge in [-0.3, -0.25) is 4.98 Å². The van der Waals surface area contributed by atoms with Crippen LogP contribution in [0.5, 0.6) is 5.75 Å². The molecule has 21 heavy (non-hydrogen) atoms. The molecule has 2 heterocycles. The molecule has 0 aliphatic heterocycles. The van der Waals surface area contributed by atoms with Crippen LogP contribution in [0.1, 0.15) is 0 Å². The van der Waals surface area contributed by atoms with E-state index >= 15 is 0 Å². The van der Waals surface area contributed by atoms with E-state index in [1.165, 1.54) is 0 Å². The molecule has 0 aliphatic rings. The maximum Gasteiger partial charge on any atom is 0.115 e. The topological polar surface area (TPSA) is 46.0 Å². The number of aromatic nitrogens is 2. The number of hydrogen-bond acceptors (Lipinski definition) is 3. The van der Waals surface area contributed by atoms with Gasteiger partial charge in [0.15, 0.2) is 0 Å². The minimum Gasteiger partial charge on any atom is -0.508 e. The molecule has 3 heteroatoms. The first-order valence-electron chi connectivity index (χ1n) is 6.75. The summed E-state index contributed by atoms with van der Waals surface area (Å²) in [5, 5.41) is 11.5. The molecule has 0 saturated carbocycles. The summed E-state index contributed by atoms with van der Waals surface area (Å²) in [4.78, 5) is 9.21. The molecule has 1 N–H and O–H groups in total. The first-order chi connectivity index (χ1) is 10.3. The van der Waals surface area contributed by atoms with Gasteiger partial charge >= 0.3 is 0 Å². The van der Waals surface area contributed by atoms with Crippen molar-refractivity contribution in [1.29, 1.82) is 0 Å². The summed E-state index contributed by atoms with van der Waals surface area (Å²) in [5.74, 6) is 0.256. The third-order valence-electron chi connectivity index (χ3n) is 3.60. The lowest BCUT2D eigenvalue weighted by Gasteiger charge is -2.06. The first-order valence-corrected chi connectivity index (χ1v) is 6.75. The molecule has 0 spiro atoms. The lowest BCUT2D eigenvalue weighted by atomic mass is 10.1. The van der Waals surface area contributed by atoms with E-state index in [0.717, 1.165) is 33.1 Å². The predicted molar refractivity (Wildman–Crippen MR) is 84.1 cm³/mol. The molecule has 4 rings (SSSR count). The SMILES string of the molecule is Oc1ccc(-c2ccc3ccc4cccnc4c3n2)cc1. The highest BCUT2D eigenvalue weighted by Gasteiger charge is 2.06. The molecule has 3 nitrogen and oxygen atoms in total. The van der Waals surface area contributed by atoms with Gasteiger partial charge in [0.2, 0.25) is 0 Å². The first kappa shape index (κ1) is 11.9. The van der Waals surface area contributed by atoms with Gasteiger partial charge in [0.05, 0.1) is 16.7 Å². The maximum absolute atomic E-state index is 9.39. The highest BCUT2D eigenvalue weighted by molar-refractivity contribution is 6.03. The second-order valence-corrected chi connectivity index (χ2v) is 4.96. The third-order valence-corrected chi connectivity index (χ3v) is 3.60. The number of hydrogen-bond donors (Lipinski definition) is 1. The van der Waals surface area contributed by atoms with Crippen LogP contribution < -0.4 is 0 Å². The number of aromatic hydroxyl groups is 1. The maximum atomic E-state index is 9.39. The van der Waals surface area contributed by atoms with Crippen LogP contribution >= 0.6 is 0 Å². The molecule has 4 aromatic rings. The molecule has 0 atom stereocenters. The normalized spacial score (nSPS) is 11.0. The Labute approximate surface area is 121 Å². The highest BCUT2D eigenvalue weighted by Crippen LogP contribution is 2.26. The van der Waals surface area contributed by atoms with Crippen LogP contribution in [0.25, 0.3) is 33.1 Å². The van der Waals surface area contributed by atoms with Crippen LogP contribution in [-0.2, 0) is 0 Å². The summed E-state index contributed by atoms with van der Waals surface area (Å²) < 4.78 is 0. The van der Waals surface area contributed by atoms with Crippen molar-refractivity contribution >= 4 is 21.8 Å².